The van der Waals surface area contributed by atoms with Crippen molar-refractivity contribution < 1.29 is 21.0 Å². The third kappa shape index (κ3) is 4.44. The minimum Gasteiger partial charge on any atom is -0.379 e. The summed E-state index contributed by atoms with van der Waals surface area (Å²) < 4.78 is 55.5. The normalized spacial score (nSPS) is 13.6. The molecule has 0 unspecified atom stereocenters. The van der Waals surface area contributed by atoms with Gasteiger partial charge in [-0.2, -0.15) is 8.42 Å². The van der Waals surface area contributed by atoms with Gasteiger partial charge in [-0.15, -0.1) is 0 Å². The Labute approximate surface area is 155 Å². The Morgan fingerprint density at radius 3 is 2.08 bits per heavy atom. The average Bonchev–Trinajstić information content (AvgIpc) is 2.61. The van der Waals surface area contributed by atoms with Crippen LogP contribution in [0.3, 0.4) is 0 Å². The van der Waals surface area contributed by atoms with E-state index >= 15 is 0 Å². The van der Waals surface area contributed by atoms with Gasteiger partial charge in [-0.1, -0.05) is 32.0 Å². The summed E-state index contributed by atoms with van der Waals surface area (Å²) in [6.45, 7) is 4.16. The van der Waals surface area contributed by atoms with Crippen LogP contribution in [-0.2, 0) is 20.1 Å². The zero-order valence-electron chi connectivity index (χ0n) is 15.2. The monoisotopic (exact) mass is 397 g/mol. The zero-order valence-corrected chi connectivity index (χ0v) is 16.8. The van der Waals surface area contributed by atoms with Crippen molar-refractivity contribution in [2.45, 2.75) is 36.0 Å². The highest BCUT2D eigenvalue weighted by Gasteiger charge is 2.22. The van der Waals surface area contributed by atoms with Crippen LogP contribution < -0.4 is 4.18 Å². The first kappa shape index (κ1) is 20.4. The number of hydrogen-bond acceptors (Lipinski definition) is 5. The number of hydrogen-bond donors (Lipinski definition) is 0. The van der Waals surface area contributed by atoms with E-state index in [9.17, 15) is 16.8 Å². The lowest BCUT2D eigenvalue weighted by atomic mass is 9.99. The SMILES string of the molecule is CC[C@@H](C)c1ccc(OS(=O)(=O)c2cccc(S(=O)(=O)N(C)C)c2)cc1. The Kier molecular flexibility index (Phi) is 6.10. The van der Waals surface area contributed by atoms with Gasteiger partial charge in [0.25, 0.3) is 0 Å². The Morgan fingerprint density at radius 2 is 1.54 bits per heavy atom. The molecule has 0 N–H and O–H groups in total. The second-order valence-electron chi connectivity index (χ2n) is 6.18. The molecule has 0 aliphatic carbocycles. The number of sulfonamides is 1. The van der Waals surface area contributed by atoms with E-state index in [0.717, 1.165) is 22.4 Å². The quantitative estimate of drug-likeness (QED) is 0.670. The van der Waals surface area contributed by atoms with Crippen molar-refractivity contribution in [2.24, 2.45) is 0 Å². The lowest BCUT2D eigenvalue weighted by Crippen LogP contribution is -2.22. The van der Waals surface area contributed by atoms with Gasteiger partial charge >= 0.3 is 10.1 Å². The average molecular weight is 398 g/mol. The largest absolute Gasteiger partial charge is 0.379 e. The molecule has 0 aliphatic rings. The smallest absolute Gasteiger partial charge is 0.339 e. The van der Waals surface area contributed by atoms with Gasteiger partial charge in [0.2, 0.25) is 10.0 Å². The van der Waals surface area contributed by atoms with Crippen LogP contribution in [0.5, 0.6) is 5.75 Å². The molecule has 0 radical (unpaired) electrons. The second kappa shape index (κ2) is 7.77. The van der Waals surface area contributed by atoms with Crippen molar-refractivity contribution in [1.82, 2.24) is 4.31 Å². The van der Waals surface area contributed by atoms with Crippen LogP contribution in [0.2, 0.25) is 0 Å². The van der Waals surface area contributed by atoms with Crippen molar-refractivity contribution in [3.05, 3.63) is 54.1 Å². The highest BCUT2D eigenvalue weighted by Crippen LogP contribution is 2.25. The molecule has 0 fully saturated rings. The van der Waals surface area contributed by atoms with E-state index in [1.165, 1.54) is 32.3 Å². The maximum absolute atomic E-state index is 12.5. The van der Waals surface area contributed by atoms with Gasteiger partial charge in [0.15, 0.2) is 0 Å². The van der Waals surface area contributed by atoms with Crippen LogP contribution in [0.15, 0.2) is 58.3 Å². The van der Waals surface area contributed by atoms with E-state index in [1.807, 2.05) is 12.1 Å². The van der Waals surface area contributed by atoms with E-state index < -0.39 is 20.1 Å². The molecule has 0 aromatic heterocycles. The van der Waals surface area contributed by atoms with Crippen molar-refractivity contribution >= 4 is 20.1 Å². The van der Waals surface area contributed by atoms with E-state index in [-0.39, 0.29) is 15.5 Å². The Hall–Kier alpha value is -1.90. The molecule has 1 atom stereocenters. The highest BCUT2D eigenvalue weighted by molar-refractivity contribution is 7.89. The fourth-order valence-corrected chi connectivity index (χ4v) is 4.26. The molecule has 26 heavy (non-hydrogen) atoms. The minimum absolute atomic E-state index is 0.112. The maximum atomic E-state index is 12.5. The van der Waals surface area contributed by atoms with Gasteiger partial charge < -0.3 is 4.18 Å². The number of rotatable bonds is 7. The summed E-state index contributed by atoms with van der Waals surface area (Å²) in [6, 6.07) is 12.0. The Balaban J connectivity index is 2.31. The lowest BCUT2D eigenvalue weighted by molar-refractivity contribution is 0.485. The van der Waals surface area contributed by atoms with Gasteiger partial charge in [0, 0.05) is 14.1 Å². The summed E-state index contributed by atoms with van der Waals surface area (Å²) in [7, 11) is -5.12. The fraction of sp³-hybridized carbons (Fsp3) is 0.333. The summed E-state index contributed by atoms with van der Waals surface area (Å²) in [5.74, 6) is 0.548. The van der Waals surface area contributed by atoms with Crippen LogP contribution in [0.4, 0.5) is 0 Å². The van der Waals surface area contributed by atoms with Crippen molar-refractivity contribution in [1.29, 1.82) is 0 Å². The molecule has 2 aromatic carbocycles. The molecular formula is C18H23NO5S2. The summed E-state index contributed by atoms with van der Waals surface area (Å²) >= 11 is 0. The molecule has 0 amide bonds. The van der Waals surface area contributed by atoms with Crippen LogP contribution in [0, 0.1) is 0 Å². The van der Waals surface area contributed by atoms with Gasteiger partial charge in [-0.3, -0.25) is 0 Å². The van der Waals surface area contributed by atoms with E-state index in [4.69, 9.17) is 4.18 Å². The Bertz CT molecular complexity index is 965. The van der Waals surface area contributed by atoms with Gasteiger partial charge in [0.1, 0.15) is 10.6 Å². The first-order chi connectivity index (χ1) is 12.1. The fourth-order valence-electron chi connectivity index (χ4n) is 2.26. The molecule has 0 saturated heterocycles. The lowest BCUT2D eigenvalue weighted by Gasteiger charge is -2.13. The molecule has 8 heteroatoms. The molecule has 2 rings (SSSR count). The van der Waals surface area contributed by atoms with Crippen LogP contribution in [-0.4, -0.2) is 35.2 Å². The standard InChI is InChI=1S/C18H23NO5S2/c1-5-14(2)15-9-11-16(12-10-15)24-26(22,23)18-8-6-7-17(13-18)25(20,21)19(3)4/h6-14H,5H2,1-4H3/t14-/m1/s1. The van der Waals surface area contributed by atoms with Crippen LogP contribution in [0.25, 0.3) is 0 Å². The molecule has 0 heterocycles. The summed E-state index contributed by atoms with van der Waals surface area (Å²) in [6.07, 6.45) is 0.978. The first-order valence-electron chi connectivity index (χ1n) is 8.15. The van der Waals surface area contributed by atoms with E-state index in [2.05, 4.69) is 13.8 Å². The van der Waals surface area contributed by atoms with E-state index in [1.54, 1.807) is 12.1 Å². The molecular weight excluding hydrogens is 374 g/mol. The number of benzene rings is 2. The summed E-state index contributed by atoms with van der Waals surface area (Å²) in [4.78, 5) is -0.328. The van der Waals surface area contributed by atoms with Crippen LogP contribution in [0.1, 0.15) is 31.7 Å². The van der Waals surface area contributed by atoms with E-state index in [0.29, 0.717) is 5.92 Å². The second-order valence-corrected chi connectivity index (χ2v) is 9.88. The predicted molar refractivity (Wildman–Crippen MR) is 100 cm³/mol. The molecule has 0 spiro atoms. The maximum Gasteiger partial charge on any atom is 0.339 e. The third-order valence-corrected chi connectivity index (χ3v) is 7.19. The van der Waals surface area contributed by atoms with Crippen molar-refractivity contribution in [2.75, 3.05) is 14.1 Å². The van der Waals surface area contributed by atoms with Gasteiger partial charge in [-0.25, -0.2) is 12.7 Å². The Morgan fingerprint density at radius 1 is 0.962 bits per heavy atom. The molecule has 0 aliphatic heterocycles. The van der Waals surface area contributed by atoms with Crippen LogP contribution >= 0.6 is 0 Å². The molecule has 0 bridgehead atoms. The topological polar surface area (TPSA) is 80.8 Å². The third-order valence-electron chi connectivity index (χ3n) is 4.14. The minimum atomic E-state index is -4.14. The van der Waals surface area contributed by atoms with Gasteiger partial charge in [0.05, 0.1) is 4.90 Å². The molecule has 6 nitrogen and oxygen atoms in total. The first-order valence-corrected chi connectivity index (χ1v) is 11.0. The summed E-state index contributed by atoms with van der Waals surface area (Å²) in [5.41, 5.74) is 1.09. The molecule has 0 saturated carbocycles. The summed E-state index contributed by atoms with van der Waals surface area (Å²) in [5, 5.41) is 0. The van der Waals surface area contributed by atoms with Crippen molar-refractivity contribution in [3.8, 4) is 5.75 Å². The predicted octanol–water partition coefficient (Wildman–Crippen LogP) is 3.22. The molecule has 142 valence electrons. The highest BCUT2D eigenvalue weighted by atomic mass is 32.2. The zero-order chi connectivity index (χ0) is 19.5. The van der Waals surface area contributed by atoms with Crippen molar-refractivity contribution in [3.63, 3.8) is 0 Å². The molecule has 2 aromatic rings. The van der Waals surface area contributed by atoms with Gasteiger partial charge in [-0.05, 0) is 48.2 Å². The number of nitrogens with zero attached hydrogens (tertiary/aromatic N) is 1.